The average Bonchev–Trinajstić information content (AvgIpc) is 2.34. The summed E-state index contributed by atoms with van der Waals surface area (Å²) in [4.78, 5) is 21.0. The van der Waals surface area contributed by atoms with E-state index in [-0.39, 0.29) is 28.6 Å². The molecule has 0 aliphatic rings. The second-order valence-corrected chi connectivity index (χ2v) is 5.81. The van der Waals surface area contributed by atoms with Crippen molar-refractivity contribution in [2.45, 2.75) is 4.90 Å². The van der Waals surface area contributed by atoms with Gasteiger partial charge in [-0.3, -0.25) is 0 Å². The number of rotatable bonds is 6. The maximum absolute atomic E-state index is 11.9. The number of aromatic carboxylic acids is 1. The topological polar surface area (TPSA) is 139 Å². The van der Waals surface area contributed by atoms with Crippen molar-refractivity contribution in [3.05, 3.63) is 28.8 Å². The predicted molar refractivity (Wildman–Crippen MR) is 71.2 cm³/mol. The van der Waals surface area contributed by atoms with Crippen molar-refractivity contribution in [1.82, 2.24) is 10.0 Å². The number of hydrogen-bond donors (Lipinski definition) is 4. The summed E-state index contributed by atoms with van der Waals surface area (Å²) in [5, 5.41) is 11.0. The summed E-state index contributed by atoms with van der Waals surface area (Å²) < 4.78 is 25.9. The van der Waals surface area contributed by atoms with E-state index in [9.17, 15) is 18.0 Å². The summed E-state index contributed by atoms with van der Waals surface area (Å²) in [6.07, 6.45) is 0. The molecule has 0 unspecified atom stereocenters. The van der Waals surface area contributed by atoms with Crippen LogP contribution in [0.25, 0.3) is 0 Å². The summed E-state index contributed by atoms with van der Waals surface area (Å²) in [5.74, 6) is -1.33. The van der Waals surface area contributed by atoms with Gasteiger partial charge in [-0.05, 0) is 18.2 Å². The largest absolute Gasteiger partial charge is 0.478 e. The number of nitrogens with two attached hydrogens (primary N) is 1. The first-order valence-electron chi connectivity index (χ1n) is 5.30. The van der Waals surface area contributed by atoms with Crippen LogP contribution in [0.3, 0.4) is 0 Å². The van der Waals surface area contributed by atoms with Crippen LogP contribution < -0.4 is 15.8 Å². The van der Waals surface area contributed by atoms with Crippen LogP contribution in [0.2, 0.25) is 5.02 Å². The first-order chi connectivity index (χ1) is 9.24. The van der Waals surface area contributed by atoms with Crippen LogP contribution in [-0.2, 0) is 10.0 Å². The number of carbonyl (C=O) groups excluding carboxylic acids is 1. The third-order valence-electron chi connectivity index (χ3n) is 2.19. The molecular weight excluding hydrogens is 310 g/mol. The molecule has 0 spiro atoms. The molecule has 1 rings (SSSR count). The Morgan fingerprint density at radius 1 is 1.30 bits per heavy atom. The second-order valence-electron chi connectivity index (χ2n) is 3.64. The zero-order valence-corrected chi connectivity index (χ0v) is 11.7. The number of benzene rings is 1. The van der Waals surface area contributed by atoms with Gasteiger partial charge in [0.15, 0.2) is 0 Å². The Hall–Kier alpha value is -1.84. The van der Waals surface area contributed by atoms with Crippen molar-refractivity contribution in [1.29, 1.82) is 0 Å². The Bertz CT molecular complexity index is 632. The molecule has 2 amide bonds. The Balaban J connectivity index is 2.85. The number of amides is 2. The van der Waals surface area contributed by atoms with E-state index < -0.39 is 22.0 Å². The Morgan fingerprint density at radius 2 is 1.95 bits per heavy atom. The van der Waals surface area contributed by atoms with Gasteiger partial charge in [0.1, 0.15) is 0 Å². The molecule has 8 nitrogen and oxygen atoms in total. The highest BCUT2D eigenvalue weighted by atomic mass is 35.5. The molecule has 0 heterocycles. The third kappa shape index (κ3) is 4.37. The van der Waals surface area contributed by atoms with E-state index in [1.165, 1.54) is 12.1 Å². The smallest absolute Gasteiger partial charge is 0.337 e. The lowest BCUT2D eigenvalue weighted by Crippen LogP contribution is -2.37. The molecule has 1 aromatic carbocycles. The number of carbonyl (C=O) groups is 2. The Morgan fingerprint density at radius 3 is 2.50 bits per heavy atom. The van der Waals surface area contributed by atoms with Crippen LogP contribution >= 0.6 is 11.6 Å². The van der Waals surface area contributed by atoms with Crippen molar-refractivity contribution in [2.75, 3.05) is 13.1 Å². The lowest BCUT2D eigenvalue weighted by molar-refractivity contribution is 0.0696. The van der Waals surface area contributed by atoms with Crippen molar-refractivity contribution in [3.8, 4) is 0 Å². The molecule has 20 heavy (non-hydrogen) atoms. The molecule has 0 saturated heterocycles. The van der Waals surface area contributed by atoms with Gasteiger partial charge in [0.25, 0.3) is 0 Å². The third-order valence-corrected chi connectivity index (χ3v) is 3.98. The number of halogens is 1. The van der Waals surface area contributed by atoms with Crippen molar-refractivity contribution >= 4 is 33.6 Å². The highest BCUT2D eigenvalue weighted by Gasteiger charge is 2.17. The molecular formula is C10H12ClN3O5S. The van der Waals surface area contributed by atoms with E-state index in [1.807, 2.05) is 0 Å². The average molecular weight is 322 g/mol. The predicted octanol–water partition coefficient (Wildman–Crippen LogP) is -0.0152. The van der Waals surface area contributed by atoms with Crippen LogP contribution in [0.5, 0.6) is 0 Å². The number of nitrogens with one attached hydrogen (secondary N) is 2. The number of sulfonamides is 1. The monoisotopic (exact) mass is 321 g/mol. The second kappa shape index (κ2) is 6.55. The normalized spacial score (nSPS) is 11.1. The number of primary amides is 1. The fourth-order valence-corrected chi connectivity index (χ4v) is 2.55. The summed E-state index contributed by atoms with van der Waals surface area (Å²) in [6.45, 7) is -0.0791. The molecule has 0 aromatic heterocycles. The molecule has 5 N–H and O–H groups in total. The first kappa shape index (κ1) is 16.2. The molecule has 0 radical (unpaired) electrons. The van der Waals surface area contributed by atoms with Crippen LogP contribution in [0.15, 0.2) is 23.1 Å². The van der Waals surface area contributed by atoms with Gasteiger partial charge in [0.05, 0.1) is 15.5 Å². The summed E-state index contributed by atoms with van der Waals surface area (Å²) in [5.41, 5.74) is 4.50. The maximum atomic E-state index is 11.9. The van der Waals surface area contributed by atoms with E-state index in [2.05, 4.69) is 10.0 Å². The fourth-order valence-electron chi connectivity index (χ4n) is 1.29. The van der Waals surface area contributed by atoms with Gasteiger partial charge in [-0.15, -0.1) is 0 Å². The van der Waals surface area contributed by atoms with Crippen LogP contribution in [-0.4, -0.2) is 38.6 Å². The molecule has 1 aromatic rings. The van der Waals surface area contributed by atoms with Crippen molar-refractivity contribution < 1.29 is 23.1 Å². The zero-order valence-electron chi connectivity index (χ0n) is 10.1. The maximum Gasteiger partial charge on any atom is 0.337 e. The van der Waals surface area contributed by atoms with Crippen molar-refractivity contribution in [3.63, 3.8) is 0 Å². The number of hydrogen-bond acceptors (Lipinski definition) is 4. The van der Waals surface area contributed by atoms with Crippen molar-refractivity contribution in [2.24, 2.45) is 5.73 Å². The molecule has 110 valence electrons. The fraction of sp³-hybridized carbons (Fsp3) is 0.200. The Labute approximate surface area is 120 Å². The van der Waals surface area contributed by atoms with E-state index in [1.54, 1.807) is 0 Å². The van der Waals surface area contributed by atoms with Crippen LogP contribution in [0.4, 0.5) is 4.79 Å². The van der Waals surface area contributed by atoms with Crippen LogP contribution in [0, 0.1) is 0 Å². The summed E-state index contributed by atoms with van der Waals surface area (Å²) >= 11 is 5.65. The molecule has 10 heteroatoms. The van der Waals surface area contributed by atoms with Gasteiger partial charge >= 0.3 is 12.0 Å². The lowest BCUT2D eigenvalue weighted by Gasteiger charge is -2.08. The minimum absolute atomic E-state index is 0.00788. The van der Waals surface area contributed by atoms with Crippen LogP contribution in [0.1, 0.15) is 10.4 Å². The molecule has 0 atom stereocenters. The number of carboxylic acids is 1. The van der Waals surface area contributed by atoms with Gasteiger partial charge in [-0.25, -0.2) is 22.7 Å². The standard InChI is InChI=1S/C10H12ClN3O5S/c11-8-2-1-6(5-7(8)9(15)16)20(18,19)14-4-3-13-10(12)17/h1-2,5,14H,3-4H2,(H,15,16)(H3,12,13,17). The SMILES string of the molecule is NC(=O)NCCNS(=O)(=O)c1ccc(Cl)c(C(=O)O)c1. The molecule has 0 aliphatic heterocycles. The molecule has 0 fully saturated rings. The minimum atomic E-state index is -3.90. The highest BCUT2D eigenvalue weighted by molar-refractivity contribution is 7.89. The summed E-state index contributed by atoms with van der Waals surface area (Å²) in [7, 11) is -3.90. The van der Waals surface area contributed by atoms with E-state index in [0.29, 0.717) is 0 Å². The van der Waals surface area contributed by atoms with Gasteiger partial charge in [0, 0.05) is 13.1 Å². The first-order valence-corrected chi connectivity index (χ1v) is 7.16. The number of carboxylic acid groups (broad SMARTS) is 1. The number of urea groups is 1. The van der Waals surface area contributed by atoms with E-state index in [4.69, 9.17) is 22.4 Å². The summed E-state index contributed by atoms with van der Waals surface area (Å²) in [6, 6.07) is 2.54. The molecule has 0 saturated carbocycles. The Kier molecular flexibility index (Phi) is 5.31. The van der Waals surface area contributed by atoms with E-state index >= 15 is 0 Å². The highest BCUT2D eigenvalue weighted by Crippen LogP contribution is 2.20. The molecule has 0 aliphatic carbocycles. The van der Waals surface area contributed by atoms with Gasteiger partial charge < -0.3 is 16.2 Å². The quantitative estimate of drug-likeness (QED) is 0.545. The van der Waals surface area contributed by atoms with Gasteiger partial charge in [0.2, 0.25) is 10.0 Å². The minimum Gasteiger partial charge on any atom is -0.478 e. The van der Waals surface area contributed by atoms with Gasteiger partial charge in [-0.2, -0.15) is 0 Å². The van der Waals surface area contributed by atoms with E-state index in [0.717, 1.165) is 6.07 Å². The molecule has 0 bridgehead atoms. The zero-order chi connectivity index (χ0) is 15.3. The van der Waals surface area contributed by atoms with Gasteiger partial charge in [-0.1, -0.05) is 11.6 Å². The lowest BCUT2D eigenvalue weighted by atomic mass is 10.2.